The average Bonchev–Trinajstić information content (AvgIpc) is 2.35. The molecule has 0 radical (unpaired) electrons. The van der Waals surface area contributed by atoms with Gasteiger partial charge in [-0.1, -0.05) is 6.07 Å². The van der Waals surface area contributed by atoms with E-state index in [1.165, 1.54) is 12.1 Å². The van der Waals surface area contributed by atoms with E-state index < -0.39 is 0 Å². The molecule has 0 N–H and O–H groups in total. The summed E-state index contributed by atoms with van der Waals surface area (Å²) in [5, 5.41) is 8.66. The molecule has 84 valence electrons. The Morgan fingerprint density at radius 1 is 1.12 bits per heavy atom. The van der Waals surface area contributed by atoms with E-state index in [0.717, 1.165) is 5.56 Å². The van der Waals surface area contributed by atoms with Crippen LogP contribution in [0.2, 0.25) is 0 Å². The van der Waals surface area contributed by atoms with Gasteiger partial charge in [0.25, 0.3) is 0 Å². The monoisotopic (exact) mass is 227 g/mol. The van der Waals surface area contributed by atoms with Crippen molar-refractivity contribution in [2.24, 2.45) is 0 Å². The lowest BCUT2D eigenvalue weighted by molar-refractivity contribution is 0.473. The molecule has 17 heavy (non-hydrogen) atoms. The van der Waals surface area contributed by atoms with Gasteiger partial charge in [-0.3, -0.25) is 0 Å². The van der Waals surface area contributed by atoms with E-state index in [9.17, 15) is 4.39 Å². The average molecular weight is 227 g/mol. The van der Waals surface area contributed by atoms with Gasteiger partial charge in [-0.25, -0.2) is 4.39 Å². The number of ether oxygens (including phenoxy) is 1. The van der Waals surface area contributed by atoms with Gasteiger partial charge in [-0.15, -0.1) is 0 Å². The van der Waals surface area contributed by atoms with E-state index in [4.69, 9.17) is 10.00 Å². The quantitative estimate of drug-likeness (QED) is 0.781. The first-order valence-electron chi connectivity index (χ1n) is 5.13. The van der Waals surface area contributed by atoms with Crippen LogP contribution in [-0.4, -0.2) is 0 Å². The number of hydrogen-bond acceptors (Lipinski definition) is 2. The minimum absolute atomic E-state index is 0.334. The highest BCUT2D eigenvalue weighted by molar-refractivity contribution is 5.40. The number of benzene rings is 2. The molecule has 0 saturated heterocycles. The summed E-state index contributed by atoms with van der Waals surface area (Å²) in [7, 11) is 0. The van der Waals surface area contributed by atoms with Crippen molar-refractivity contribution in [1.82, 2.24) is 0 Å². The van der Waals surface area contributed by atoms with E-state index in [2.05, 4.69) is 0 Å². The van der Waals surface area contributed by atoms with Crippen LogP contribution in [0.1, 0.15) is 11.1 Å². The zero-order valence-electron chi connectivity index (χ0n) is 9.27. The van der Waals surface area contributed by atoms with Crippen LogP contribution in [0.5, 0.6) is 11.5 Å². The van der Waals surface area contributed by atoms with Crippen LogP contribution in [0.3, 0.4) is 0 Å². The normalized spacial score (nSPS) is 9.71. The number of halogens is 1. The Labute approximate surface area is 98.9 Å². The minimum Gasteiger partial charge on any atom is -0.457 e. The summed E-state index contributed by atoms with van der Waals surface area (Å²) in [6.07, 6.45) is 0. The fourth-order valence-corrected chi connectivity index (χ4v) is 1.41. The Morgan fingerprint density at radius 3 is 2.47 bits per heavy atom. The van der Waals surface area contributed by atoms with E-state index in [1.54, 1.807) is 30.3 Å². The van der Waals surface area contributed by atoms with Crippen LogP contribution in [0.15, 0.2) is 42.5 Å². The molecule has 0 unspecified atom stereocenters. The predicted octanol–water partition coefficient (Wildman–Crippen LogP) is 3.80. The summed E-state index contributed by atoms with van der Waals surface area (Å²) in [5.41, 5.74) is 1.42. The molecule has 2 aromatic carbocycles. The topological polar surface area (TPSA) is 33.0 Å². The Hall–Kier alpha value is -2.34. The number of nitrogens with zero attached hydrogens (tertiary/aromatic N) is 1. The summed E-state index contributed by atoms with van der Waals surface area (Å²) in [4.78, 5) is 0. The van der Waals surface area contributed by atoms with Gasteiger partial charge in [0.15, 0.2) is 0 Å². The van der Waals surface area contributed by atoms with Crippen LogP contribution in [-0.2, 0) is 0 Å². The van der Waals surface area contributed by atoms with E-state index in [-0.39, 0.29) is 5.82 Å². The first-order valence-corrected chi connectivity index (χ1v) is 5.13. The van der Waals surface area contributed by atoms with Crippen LogP contribution < -0.4 is 4.74 Å². The number of rotatable bonds is 2. The third-order valence-corrected chi connectivity index (χ3v) is 2.36. The molecule has 0 atom stereocenters. The SMILES string of the molecule is Cc1ccc(F)cc1Oc1ccc(C#N)cc1. The Balaban J connectivity index is 2.25. The molecule has 0 aliphatic heterocycles. The largest absolute Gasteiger partial charge is 0.457 e. The van der Waals surface area contributed by atoms with E-state index in [0.29, 0.717) is 17.1 Å². The molecule has 0 aromatic heterocycles. The number of aryl methyl sites for hydroxylation is 1. The first kappa shape index (κ1) is 11.2. The molecule has 0 fully saturated rings. The summed E-state index contributed by atoms with van der Waals surface area (Å²) >= 11 is 0. The second kappa shape index (κ2) is 4.67. The van der Waals surface area contributed by atoms with Gasteiger partial charge in [-0.05, 0) is 42.8 Å². The van der Waals surface area contributed by atoms with Crippen molar-refractivity contribution in [3.63, 3.8) is 0 Å². The van der Waals surface area contributed by atoms with Crippen molar-refractivity contribution < 1.29 is 9.13 Å². The molecule has 0 saturated carbocycles. The van der Waals surface area contributed by atoms with Gasteiger partial charge < -0.3 is 4.74 Å². The number of hydrogen-bond donors (Lipinski definition) is 0. The first-order chi connectivity index (χ1) is 8.19. The molecule has 3 heteroatoms. The highest BCUT2D eigenvalue weighted by atomic mass is 19.1. The summed E-state index contributed by atoms with van der Waals surface area (Å²) in [5.74, 6) is 0.728. The standard InChI is InChI=1S/C14H10FNO/c1-10-2-5-12(15)8-14(10)17-13-6-3-11(9-16)4-7-13/h2-8H,1H3. The minimum atomic E-state index is -0.334. The summed E-state index contributed by atoms with van der Waals surface area (Å²) in [6, 6.07) is 13.1. The van der Waals surface area contributed by atoms with Crippen LogP contribution >= 0.6 is 0 Å². The fraction of sp³-hybridized carbons (Fsp3) is 0.0714. The zero-order valence-corrected chi connectivity index (χ0v) is 9.27. The molecule has 2 rings (SSSR count). The van der Waals surface area contributed by atoms with Crippen molar-refractivity contribution in [3.05, 3.63) is 59.4 Å². The lowest BCUT2D eigenvalue weighted by Crippen LogP contribution is -1.88. The zero-order chi connectivity index (χ0) is 12.3. The van der Waals surface area contributed by atoms with Gasteiger partial charge in [0.2, 0.25) is 0 Å². The molecule has 0 spiro atoms. The maximum Gasteiger partial charge on any atom is 0.133 e. The van der Waals surface area contributed by atoms with Crippen LogP contribution in [0.25, 0.3) is 0 Å². The van der Waals surface area contributed by atoms with Crippen molar-refractivity contribution in [2.45, 2.75) is 6.92 Å². The maximum atomic E-state index is 13.0. The molecule has 0 bridgehead atoms. The molecular weight excluding hydrogens is 217 g/mol. The van der Waals surface area contributed by atoms with E-state index in [1.807, 2.05) is 13.0 Å². The Kier molecular flexibility index (Phi) is 3.06. The third kappa shape index (κ3) is 2.61. The Morgan fingerprint density at radius 2 is 1.82 bits per heavy atom. The second-order valence-electron chi connectivity index (χ2n) is 3.65. The van der Waals surface area contributed by atoms with Crippen molar-refractivity contribution in [1.29, 1.82) is 5.26 Å². The molecule has 0 heterocycles. The lowest BCUT2D eigenvalue weighted by atomic mass is 10.2. The molecular formula is C14H10FNO. The lowest BCUT2D eigenvalue weighted by Gasteiger charge is -2.08. The fourth-order valence-electron chi connectivity index (χ4n) is 1.41. The van der Waals surface area contributed by atoms with Crippen LogP contribution in [0, 0.1) is 24.1 Å². The molecule has 0 amide bonds. The van der Waals surface area contributed by atoms with Gasteiger partial charge >= 0.3 is 0 Å². The third-order valence-electron chi connectivity index (χ3n) is 2.36. The highest BCUT2D eigenvalue weighted by Gasteiger charge is 2.03. The van der Waals surface area contributed by atoms with Gasteiger partial charge in [0.1, 0.15) is 17.3 Å². The van der Waals surface area contributed by atoms with Gasteiger partial charge in [0, 0.05) is 6.07 Å². The maximum absolute atomic E-state index is 13.0. The van der Waals surface area contributed by atoms with Crippen molar-refractivity contribution in [3.8, 4) is 17.6 Å². The predicted molar refractivity (Wildman–Crippen MR) is 62.4 cm³/mol. The molecule has 0 aliphatic carbocycles. The highest BCUT2D eigenvalue weighted by Crippen LogP contribution is 2.25. The van der Waals surface area contributed by atoms with Crippen molar-refractivity contribution in [2.75, 3.05) is 0 Å². The number of nitriles is 1. The Bertz CT molecular complexity index is 570. The second-order valence-corrected chi connectivity index (χ2v) is 3.65. The smallest absolute Gasteiger partial charge is 0.133 e. The van der Waals surface area contributed by atoms with Crippen molar-refractivity contribution >= 4 is 0 Å². The van der Waals surface area contributed by atoms with Gasteiger partial charge in [-0.2, -0.15) is 5.26 Å². The van der Waals surface area contributed by atoms with E-state index >= 15 is 0 Å². The van der Waals surface area contributed by atoms with Gasteiger partial charge in [0.05, 0.1) is 11.6 Å². The molecule has 0 aliphatic rings. The summed E-state index contributed by atoms with van der Waals surface area (Å²) < 4.78 is 18.6. The molecule has 2 nitrogen and oxygen atoms in total. The summed E-state index contributed by atoms with van der Waals surface area (Å²) in [6.45, 7) is 1.85. The molecule has 2 aromatic rings. The van der Waals surface area contributed by atoms with Crippen LogP contribution in [0.4, 0.5) is 4.39 Å².